The topological polar surface area (TPSA) is 23.6 Å². The fourth-order valence-electron chi connectivity index (χ4n) is 3.33. The van der Waals surface area contributed by atoms with Gasteiger partial charge in [0.05, 0.1) is 0 Å². The number of nitrogens with zero attached hydrogens (tertiary/aromatic N) is 2. The van der Waals surface area contributed by atoms with Crippen molar-refractivity contribution < 1.29 is 4.79 Å². The van der Waals surface area contributed by atoms with Crippen molar-refractivity contribution >= 4 is 29.1 Å². The number of likely N-dealkylation sites (tertiary alicyclic amines) is 1. The highest BCUT2D eigenvalue weighted by Crippen LogP contribution is 2.23. The van der Waals surface area contributed by atoms with Crippen LogP contribution >= 0.6 is 23.2 Å². The summed E-state index contributed by atoms with van der Waals surface area (Å²) in [5.41, 5.74) is 2.25. The van der Waals surface area contributed by atoms with Crippen molar-refractivity contribution in [3.63, 3.8) is 0 Å². The molecule has 1 heterocycles. The second kappa shape index (κ2) is 8.22. The van der Waals surface area contributed by atoms with E-state index in [2.05, 4.69) is 24.1 Å². The molecule has 5 heteroatoms. The monoisotopic (exact) mass is 376 g/mol. The third-order valence-corrected chi connectivity index (χ3v) is 5.13. The zero-order valence-corrected chi connectivity index (χ0v) is 15.8. The van der Waals surface area contributed by atoms with Crippen LogP contribution in [0.1, 0.15) is 24.0 Å². The largest absolute Gasteiger partial charge is 0.338 e. The number of hydrogen-bond donors (Lipinski definition) is 0. The summed E-state index contributed by atoms with van der Waals surface area (Å²) in [6.45, 7) is 2.22. The van der Waals surface area contributed by atoms with Gasteiger partial charge in [-0.1, -0.05) is 53.5 Å². The van der Waals surface area contributed by atoms with Gasteiger partial charge in [-0.25, -0.2) is 0 Å². The van der Waals surface area contributed by atoms with Gasteiger partial charge in [0, 0.05) is 42.1 Å². The first kappa shape index (κ1) is 18.2. The van der Waals surface area contributed by atoms with E-state index in [-0.39, 0.29) is 11.9 Å². The van der Waals surface area contributed by atoms with E-state index in [1.165, 1.54) is 5.56 Å². The molecular formula is C20H22Cl2N2O. The number of hydrogen-bond acceptors (Lipinski definition) is 2. The predicted octanol–water partition coefficient (Wildman–Crippen LogP) is 4.62. The van der Waals surface area contributed by atoms with E-state index in [0.29, 0.717) is 23.0 Å². The lowest BCUT2D eigenvalue weighted by molar-refractivity contribution is -0.136. The third-order valence-electron chi connectivity index (χ3n) is 4.69. The molecule has 3 rings (SSSR count). The summed E-state index contributed by atoms with van der Waals surface area (Å²) >= 11 is 12.1. The Hall–Kier alpha value is -1.55. The van der Waals surface area contributed by atoms with Gasteiger partial charge in [0.25, 0.3) is 0 Å². The van der Waals surface area contributed by atoms with Crippen molar-refractivity contribution in [1.82, 2.24) is 9.80 Å². The average molecular weight is 377 g/mol. The maximum Gasteiger partial charge on any atom is 0.224 e. The Morgan fingerprint density at radius 2 is 1.76 bits per heavy atom. The summed E-state index contributed by atoms with van der Waals surface area (Å²) in [5.74, 6) is 0.219. The molecule has 0 saturated carbocycles. The minimum absolute atomic E-state index is 0.219. The fourth-order valence-corrected chi connectivity index (χ4v) is 3.90. The molecule has 2 aromatic rings. The average Bonchev–Trinajstić information content (AvgIpc) is 2.56. The number of carbonyl (C=O) groups is 1. The molecule has 1 aliphatic rings. The molecular weight excluding hydrogens is 355 g/mol. The first-order valence-corrected chi connectivity index (χ1v) is 9.24. The van der Waals surface area contributed by atoms with E-state index in [1.807, 2.05) is 35.2 Å². The van der Waals surface area contributed by atoms with Crippen molar-refractivity contribution in [3.05, 3.63) is 69.7 Å². The first-order chi connectivity index (χ1) is 12.0. The van der Waals surface area contributed by atoms with Crippen molar-refractivity contribution in [1.29, 1.82) is 0 Å². The van der Waals surface area contributed by atoms with Gasteiger partial charge in [0.1, 0.15) is 0 Å². The Bertz CT molecular complexity index is 715. The van der Waals surface area contributed by atoms with E-state index in [9.17, 15) is 4.79 Å². The smallest absolute Gasteiger partial charge is 0.224 e. The van der Waals surface area contributed by atoms with Gasteiger partial charge in [-0.15, -0.1) is 0 Å². The molecule has 0 radical (unpaired) electrons. The SMILES string of the molecule is CN(Cc1cc(Cl)cc(Cl)c1)C1CCN(Cc2ccccc2)C(=O)C1. The lowest BCUT2D eigenvalue weighted by Crippen LogP contribution is -2.46. The molecule has 1 unspecified atom stereocenters. The van der Waals surface area contributed by atoms with Gasteiger partial charge in [0.2, 0.25) is 5.91 Å². The van der Waals surface area contributed by atoms with Gasteiger partial charge < -0.3 is 4.90 Å². The van der Waals surface area contributed by atoms with E-state index >= 15 is 0 Å². The Labute approximate surface area is 159 Å². The van der Waals surface area contributed by atoms with Gasteiger partial charge in [0.15, 0.2) is 0 Å². The minimum atomic E-state index is 0.219. The molecule has 1 aliphatic heterocycles. The summed E-state index contributed by atoms with van der Waals surface area (Å²) in [6, 6.07) is 16.0. The fraction of sp³-hybridized carbons (Fsp3) is 0.350. The quantitative estimate of drug-likeness (QED) is 0.759. The Balaban J connectivity index is 1.57. The van der Waals surface area contributed by atoms with Crippen LogP contribution in [0.25, 0.3) is 0 Å². The van der Waals surface area contributed by atoms with Crippen LogP contribution < -0.4 is 0 Å². The summed E-state index contributed by atoms with van der Waals surface area (Å²) in [4.78, 5) is 16.7. The third kappa shape index (κ3) is 4.97. The predicted molar refractivity (Wildman–Crippen MR) is 103 cm³/mol. The summed E-state index contributed by atoms with van der Waals surface area (Å²) < 4.78 is 0. The highest BCUT2D eigenvalue weighted by Gasteiger charge is 2.28. The molecule has 0 N–H and O–H groups in total. The van der Waals surface area contributed by atoms with E-state index < -0.39 is 0 Å². The van der Waals surface area contributed by atoms with Gasteiger partial charge in [-0.05, 0) is 42.8 Å². The Morgan fingerprint density at radius 3 is 2.40 bits per heavy atom. The van der Waals surface area contributed by atoms with Crippen molar-refractivity contribution in [2.24, 2.45) is 0 Å². The Morgan fingerprint density at radius 1 is 1.08 bits per heavy atom. The van der Waals surface area contributed by atoms with Crippen LogP contribution in [0.15, 0.2) is 48.5 Å². The number of amides is 1. The summed E-state index contributed by atoms with van der Waals surface area (Å²) in [6.07, 6.45) is 1.53. The van der Waals surface area contributed by atoms with E-state index in [0.717, 1.165) is 25.1 Å². The van der Waals surface area contributed by atoms with Gasteiger partial charge >= 0.3 is 0 Å². The first-order valence-electron chi connectivity index (χ1n) is 8.48. The highest BCUT2D eigenvalue weighted by atomic mass is 35.5. The molecule has 132 valence electrons. The molecule has 3 nitrogen and oxygen atoms in total. The van der Waals surface area contributed by atoms with E-state index in [1.54, 1.807) is 6.07 Å². The molecule has 25 heavy (non-hydrogen) atoms. The van der Waals surface area contributed by atoms with Crippen molar-refractivity contribution in [2.75, 3.05) is 13.6 Å². The number of benzene rings is 2. The molecule has 1 atom stereocenters. The van der Waals surface area contributed by atoms with Crippen LogP contribution in [-0.2, 0) is 17.9 Å². The molecule has 1 saturated heterocycles. The van der Waals surface area contributed by atoms with Crippen LogP contribution in [0.4, 0.5) is 0 Å². The van der Waals surface area contributed by atoms with E-state index in [4.69, 9.17) is 23.2 Å². The van der Waals surface area contributed by atoms with Gasteiger partial charge in [-0.3, -0.25) is 9.69 Å². The Kier molecular flexibility index (Phi) is 6.00. The zero-order chi connectivity index (χ0) is 17.8. The van der Waals surface area contributed by atoms with Crippen LogP contribution in [0.2, 0.25) is 10.0 Å². The maximum atomic E-state index is 12.5. The van der Waals surface area contributed by atoms with Crippen LogP contribution in [0, 0.1) is 0 Å². The molecule has 0 bridgehead atoms. The summed E-state index contributed by atoms with van der Waals surface area (Å²) in [5, 5.41) is 1.29. The molecule has 0 spiro atoms. The molecule has 0 aromatic heterocycles. The molecule has 0 aliphatic carbocycles. The number of halogens is 2. The van der Waals surface area contributed by atoms with Crippen LogP contribution in [0.3, 0.4) is 0 Å². The standard InChI is InChI=1S/C20H22Cl2N2O/c1-23(13-16-9-17(21)11-18(22)10-16)19-7-8-24(20(25)12-19)14-15-5-3-2-4-6-15/h2-6,9-11,19H,7-8,12-14H2,1H3. The van der Waals surface area contributed by atoms with Crippen LogP contribution in [-0.4, -0.2) is 35.3 Å². The highest BCUT2D eigenvalue weighted by molar-refractivity contribution is 6.34. The number of rotatable bonds is 5. The lowest BCUT2D eigenvalue weighted by Gasteiger charge is -2.36. The van der Waals surface area contributed by atoms with Crippen molar-refractivity contribution in [2.45, 2.75) is 32.0 Å². The lowest BCUT2D eigenvalue weighted by atomic mass is 10.0. The van der Waals surface area contributed by atoms with Gasteiger partial charge in [-0.2, -0.15) is 0 Å². The zero-order valence-electron chi connectivity index (χ0n) is 14.3. The van der Waals surface area contributed by atoms with Crippen LogP contribution in [0.5, 0.6) is 0 Å². The molecule has 2 aromatic carbocycles. The summed E-state index contributed by atoms with van der Waals surface area (Å²) in [7, 11) is 2.06. The molecule has 1 fully saturated rings. The second-order valence-corrected chi connectivity index (χ2v) is 7.51. The molecule has 1 amide bonds. The second-order valence-electron chi connectivity index (χ2n) is 6.64. The van der Waals surface area contributed by atoms with Crippen molar-refractivity contribution in [3.8, 4) is 0 Å². The normalized spacial score (nSPS) is 18.0. The minimum Gasteiger partial charge on any atom is -0.338 e. The maximum absolute atomic E-state index is 12.5. The number of piperidine rings is 1. The number of carbonyl (C=O) groups excluding carboxylic acids is 1.